The topological polar surface area (TPSA) is 77.7 Å². The lowest BCUT2D eigenvalue weighted by molar-refractivity contribution is 0.0198. The average molecular weight is 571 g/mol. The fourth-order valence-corrected chi connectivity index (χ4v) is 6.86. The third-order valence-corrected chi connectivity index (χ3v) is 9.22. The van der Waals surface area contributed by atoms with Crippen molar-refractivity contribution in [1.29, 1.82) is 0 Å². The summed E-state index contributed by atoms with van der Waals surface area (Å²) in [5, 5.41) is 3.10. The van der Waals surface area contributed by atoms with Gasteiger partial charge in [-0.3, -0.25) is 14.5 Å². The average Bonchev–Trinajstić information content (AvgIpc) is 3.44. The highest BCUT2D eigenvalue weighted by Crippen LogP contribution is 2.43. The lowest BCUT2D eigenvalue weighted by Gasteiger charge is -2.32. The van der Waals surface area contributed by atoms with Crippen molar-refractivity contribution >= 4 is 5.91 Å². The Labute approximate surface area is 250 Å². The number of hydrogen-bond donors (Lipinski definition) is 2. The number of ether oxygens (including phenoxy) is 1. The first-order valence-electron chi connectivity index (χ1n) is 15.4. The number of H-pyrrole nitrogens is 1. The van der Waals surface area contributed by atoms with E-state index in [4.69, 9.17) is 4.74 Å². The van der Waals surface area contributed by atoms with Crippen molar-refractivity contribution in [3.63, 3.8) is 0 Å². The summed E-state index contributed by atoms with van der Waals surface area (Å²) in [5.74, 6) is -0.138. The minimum absolute atomic E-state index is 0.121. The number of morpholine rings is 1. The molecule has 0 radical (unpaired) electrons. The highest BCUT2D eigenvalue weighted by atomic mass is 16.5. The van der Waals surface area contributed by atoms with Gasteiger partial charge in [0.1, 0.15) is 0 Å². The van der Waals surface area contributed by atoms with Gasteiger partial charge in [-0.25, -0.2) is 0 Å². The Morgan fingerprint density at radius 1 is 1.14 bits per heavy atom. The number of nitrogens with one attached hydrogen (secondary N) is 2. The predicted molar refractivity (Wildman–Crippen MR) is 169 cm³/mol. The van der Waals surface area contributed by atoms with Crippen molar-refractivity contribution < 1.29 is 9.53 Å². The number of rotatable bonds is 9. The molecule has 2 unspecified atom stereocenters. The fraction of sp³-hybridized carbons (Fsp3) is 0.486. The first-order chi connectivity index (χ1) is 20.2. The van der Waals surface area contributed by atoms with Crippen molar-refractivity contribution in [3.05, 3.63) is 91.4 Å². The molecule has 2 aliphatic rings. The van der Waals surface area contributed by atoms with Gasteiger partial charge in [0.25, 0.3) is 11.5 Å². The summed E-state index contributed by atoms with van der Waals surface area (Å²) in [4.78, 5) is 34.3. The van der Waals surface area contributed by atoms with Crippen LogP contribution in [-0.2, 0) is 24.1 Å². The van der Waals surface area contributed by atoms with Crippen LogP contribution in [0.2, 0.25) is 0 Å². The van der Waals surface area contributed by atoms with Gasteiger partial charge in [0.2, 0.25) is 0 Å². The Balaban J connectivity index is 1.48. The molecule has 2 N–H and O–H groups in total. The number of aromatic nitrogens is 1. The molecule has 42 heavy (non-hydrogen) atoms. The first-order valence-corrected chi connectivity index (χ1v) is 15.4. The second kappa shape index (κ2) is 12.9. The summed E-state index contributed by atoms with van der Waals surface area (Å²) in [7, 11) is 4.23. The van der Waals surface area contributed by atoms with E-state index >= 15 is 0 Å². The Kier molecular flexibility index (Phi) is 9.31. The fourth-order valence-electron chi connectivity index (χ4n) is 6.86. The van der Waals surface area contributed by atoms with E-state index in [1.54, 1.807) is 0 Å². The van der Waals surface area contributed by atoms with Crippen LogP contribution in [0.1, 0.15) is 88.2 Å². The van der Waals surface area contributed by atoms with Crippen molar-refractivity contribution in [1.82, 2.24) is 20.1 Å². The van der Waals surface area contributed by atoms with Crippen molar-refractivity contribution in [2.75, 3.05) is 40.4 Å². The lowest BCUT2D eigenvalue weighted by Crippen LogP contribution is -2.37. The second-order valence-electron chi connectivity index (χ2n) is 12.2. The zero-order chi connectivity index (χ0) is 30.0. The van der Waals surface area contributed by atoms with Gasteiger partial charge in [-0.15, -0.1) is 0 Å². The molecular formula is C35H46N4O3. The monoisotopic (exact) mass is 570 g/mol. The molecule has 7 nitrogen and oxygen atoms in total. The number of amides is 1. The highest BCUT2D eigenvalue weighted by molar-refractivity contribution is 5.98. The van der Waals surface area contributed by atoms with Crippen LogP contribution in [0.25, 0.3) is 11.1 Å². The molecule has 5 rings (SSSR count). The standard InChI is InChI=1S/C35H46N4O3/c1-7-8-27-19-22(2)37-35(41)31(27)21-36-34(40)29-20-30(28-13-14-32(38(5)6)33(28)23(29)3)26-11-9-25(10-12-26)24(4)39-15-17-42-18-16-39/h9-12,19-20,24,32H,7-8,13-18,21H2,1-6H3,(H,36,40)(H,37,41). The minimum Gasteiger partial charge on any atom is -0.379 e. The van der Waals surface area contributed by atoms with E-state index in [1.165, 1.54) is 16.7 Å². The molecule has 1 amide bonds. The quantitative estimate of drug-likeness (QED) is 0.356. The summed E-state index contributed by atoms with van der Waals surface area (Å²) >= 11 is 0. The molecule has 224 valence electrons. The number of pyridine rings is 1. The van der Waals surface area contributed by atoms with Crippen LogP contribution in [0.4, 0.5) is 0 Å². The van der Waals surface area contributed by atoms with Gasteiger partial charge in [0.15, 0.2) is 0 Å². The molecule has 3 aromatic rings. The van der Waals surface area contributed by atoms with Crippen LogP contribution < -0.4 is 10.9 Å². The van der Waals surface area contributed by atoms with E-state index in [0.717, 1.165) is 79.9 Å². The maximum atomic E-state index is 13.8. The number of hydrogen-bond acceptors (Lipinski definition) is 5. The molecule has 2 aromatic carbocycles. The van der Waals surface area contributed by atoms with Crippen molar-refractivity contribution in [2.24, 2.45) is 0 Å². The predicted octanol–water partition coefficient (Wildman–Crippen LogP) is 5.48. The smallest absolute Gasteiger partial charge is 0.253 e. The number of carbonyl (C=O) groups excluding carboxylic acids is 1. The van der Waals surface area contributed by atoms with Crippen molar-refractivity contribution in [2.45, 2.75) is 72.0 Å². The van der Waals surface area contributed by atoms with Gasteiger partial charge in [-0.05, 0) is 105 Å². The van der Waals surface area contributed by atoms with Crippen LogP contribution in [0.5, 0.6) is 0 Å². The Hall–Kier alpha value is -3.26. The number of carbonyl (C=O) groups is 1. The van der Waals surface area contributed by atoms with Gasteiger partial charge < -0.3 is 19.9 Å². The van der Waals surface area contributed by atoms with Crippen LogP contribution in [-0.4, -0.2) is 61.1 Å². The molecule has 1 fully saturated rings. The van der Waals surface area contributed by atoms with E-state index in [1.807, 2.05) is 13.0 Å². The summed E-state index contributed by atoms with van der Waals surface area (Å²) < 4.78 is 5.55. The van der Waals surface area contributed by atoms with E-state index in [2.05, 4.69) is 85.3 Å². The molecule has 7 heteroatoms. The number of aromatic amines is 1. The third kappa shape index (κ3) is 6.10. The first kappa shape index (κ1) is 30.2. The summed E-state index contributed by atoms with van der Waals surface area (Å²) in [6, 6.07) is 13.6. The lowest BCUT2D eigenvalue weighted by atomic mass is 9.88. The van der Waals surface area contributed by atoms with E-state index in [9.17, 15) is 9.59 Å². The molecule has 0 spiro atoms. The Morgan fingerprint density at radius 2 is 1.86 bits per heavy atom. The minimum atomic E-state index is -0.138. The molecular weight excluding hydrogens is 524 g/mol. The number of fused-ring (bicyclic) bond motifs is 1. The van der Waals surface area contributed by atoms with Crippen LogP contribution in [0.15, 0.2) is 41.2 Å². The molecule has 2 heterocycles. The van der Waals surface area contributed by atoms with Gasteiger partial charge in [-0.1, -0.05) is 37.6 Å². The van der Waals surface area contributed by atoms with E-state index in [-0.39, 0.29) is 24.1 Å². The van der Waals surface area contributed by atoms with Gasteiger partial charge in [0.05, 0.1) is 13.2 Å². The van der Waals surface area contributed by atoms with Crippen molar-refractivity contribution in [3.8, 4) is 11.1 Å². The molecule has 2 atom stereocenters. The highest BCUT2D eigenvalue weighted by Gasteiger charge is 2.31. The molecule has 0 bridgehead atoms. The zero-order valence-corrected chi connectivity index (χ0v) is 26.1. The summed E-state index contributed by atoms with van der Waals surface area (Å²) in [6.45, 7) is 12.0. The Morgan fingerprint density at radius 3 is 2.52 bits per heavy atom. The maximum absolute atomic E-state index is 13.8. The second-order valence-corrected chi connectivity index (χ2v) is 12.2. The normalized spacial score (nSPS) is 17.8. The largest absolute Gasteiger partial charge is 0.379 e. The molecule has 1 aliphatic carbocycles. The van der Waals surface area contributed by atoms with Crippen LogP contribution in [0.3, 0.4) is 0 Å². The molecule has 1 aliphatic heterocycles. The summed E-state index contributed by atoms with van der Waals surface area (Å²) in [5.41, 5.74) is 10.3. The molecule has 0 saturated carbocycles. The van der Waals surface area contributed by atoms with Gasteiger partial charge in [0, 0.05) is 48.5 Å². The maximum Gasteiger partial charge on any atom is 0.253 e. The SMILES string of the molecule is CCCc1cc(C)[nH]c(=O)c1CNC(=O)c1cc(-c2ccc(C(C)N3CCOCC3)cc2)c2c(c1C)C(N(C)C)CC2. The van der Waals surface area contributed by atoms with Gasteiger partial charge >= 0.3 is 0 Å². The molecule has 1 aromatic heterocycles. The zero-order valence-electron chi connectivity index (χ0n) is 26.1. The number of aryl methyl sites for hydroxylation is 2. The van der Waals surface area contributed by atoms with E-state index < -0.39 is 0 Å². The number of benzene rings is 2. The van der Waals surface area contributed by atoms with E-state index in [0.29, 0.717) is 17.2 Å². The van der Waals surface area contributed by atoms with Crippen LogP contribution in [0, 0.1) is 13.8 Å². The third-order valence-electron chi connectivity index (χ3n) is 9.22. The van der Waals surface area contributed by atoms with Gasteiger partial charge in [-0.2, -0.15) is 0 Å². The molecule has 1 saturated heterocycles. The Bertz CT molecular complexity index is 1490. The van der Waals surface area contributed by atoms with Crippen LogP contribution >= 0.6 is 0 Å². The number of nitrogens with zero attached hydrogens (tertiary/aromatic N) is 2. The summed E-state index contributed by atoms with van der Waals surface area (Å²) in [6.07, 6.45) is 3.77.